The van der Waals surface area contributed by atoms with E-state index in [0.29, 0.717) is 12.5 Å². The highest BCUT2D eigenvalue weighted by Crippen LogP contribution is 2.19. The molecule has 1 aromatic rings. The van der Waals surface area contributed by atoms with Crippen LogP contribution in [-0.2, 0) is 11.3 Å². The van der Waals surface area contributed by atoms with Crippen LogP contribution in [0.4, 0.5) is 0 Å². The van der Waals surface area contributed by atoms with Crippen molar-refractivity contribution in [2.75, 3.05) is 6.54 Å². The molecule has 1 aromatic carbocycles. The molecule has 0 bridgehead atoms. The van der Waals surface area contributed by atoms with Crippen LogP contribution in [0.3, 0.4) is 0 Å². The lowest BCUT2D eigenvalue weighted by Gasteiger charge is -2.28. The van der Waals surface area contributed by atoms with Crippen molar-refractivity contribution >= 4 is 5.91 Å². The van der Waals surface area contributed by atoms with E-state index >= 15 is 0 Å². The van der Waals surface area contributed by atoms with Crippen molar-refractivity contribution in [1.82, 2.24) is 10.6 Å². The summed E-state index contributed by atoms with van der Waals surface area (Å²) >= 11 is 0. The van der Waals surface area contributed by atoms with Gasteiger partial charge in [-0.25, -0.2) is 0 Å². The molecular formula is C16H24N2O. The van der Waals surface area contributed by atoms with Gasteiger partial charge in [0, 0.05) is 6.54 Å². The maximum Gasteiger partial charge on any atom is 0.237 e. The summed E-state index contributed by atoms with van der Waals surface area (Å²) in [7, 11) is 0. The van der Waals surface area contributed by atoms with Gasteiger partial charge < -0.3 is 10.6 Å². The molecular weight excluding hydrogens is 236 g/mol. The molecule has 2 N–H and O–H groups in total. The van der Waals surface area contributed by atoms with Crippen LogP contribution in [0.15, 0.2) is 24.3 Å². The van der Waals surface area contributed by atoms with Gasteiger partial charge in [-0.05, 0) is 37.8 Å². The molecule has 1 fully saturated rings. The van der Waals surface area contributed by atoms with Gasteiger partial charge in [-0.3, -0.25) is 4.79 Å². The van der Waals surface area contributed by atoms with Crippen molar-refractivity contribution in [2.24, 2.45) is 5.92 Å². The van der Waals surface area contributed by atoms with Crippen LogP contribution >= 0.6 is 0 Å². The second kappa shape index (κ2) is 6.71. The highest BCUT2D eigenvalue weighted by Gasteiger charge is 2.25. The van der Waals surface area contributed by atoms with Gasteiger partial charge in [0.1, 0.15) is 0 Å². The van der Waals surface area contributed by atoms with Gasteiger partial charge in [-0.15, -0.1) is 0 Å². The molecule has 3 nitrogen and oxygen atoms in total. The zero-order valence-electron chi connectivity index (χ0n) is 11.9. The molecule has 1 amide bonds. The van der Waals surface area contributed by atoms with Crippen molar-refractivity contribution in [3.05, 3.63) is 35.4 Å². The molecule has 2 rings (SSSR count). The predicted octanol–water partition coefficient (Wildman–Crippen LogP) is 2.39. The zero-order valence-corrected chi connectivity index (χ0v) is 11.9. The first-order valence-corrected chi connectivity index (χ1v) is 7.25. The molecule has 0 radical (unpaired) electrons. The SMILES string of the molecule is CCC1CCNC(C(=O)NCc2cccc(C)c2)C1. The number of amides is 1. The largest absolute Gasteiger partial charge is 0.351 e. The summed E-state index contributed by atoms with van der Waals surface area (Å²) in [5, 5.41) is 6.36. The third-order valence-electron chi connectivity index (χ3n) is 3.96. The first-order valence-electron chi connectivity index (χ1n) is 7.25. The molecule has 104 valence electrons. The van der Waals surface area contributed by atoms with Gasteiger partial charge in [-0.2, -0.15) is 0 Å². The van der Waals surface area contributed by atoms with E-state index in [-0.39, 0.29) is 11.9 Å². The molecule has 0 aromatic heterocycles. The van der Waals surface area contributed by atoms with Gasteiger partial charge in [0.2, 0.25) is 5.91 Å². The Morgan fingerprint density at radius 2 is 2.32 bits per heavy atom. The standard InChI is InChI=1S/C16H24N2O/c1-3-13-7-8-17-15(10-13)16(19)18-11-14-6-4-5-12(2)9-14/h4-6,9,13,15,17H,3,7-8,10-11H2,1-2H3,(H,18,19). The van der Waals surface area contributed by atoms with E-state index in [0.717, 1.165) is 18.5 Å². The third-order valence-corrected chi connectivity index (χ3v) is 3.96. The monoisotopic (exact) mass is 260 g/mol. The summed E-state index contributed by atoms with van der Waals surface area (Å²) in [4.78, 5) is 12.1. The Kier molecular flexibility index (Phi) is 4.97. The lowest BCUT2D eigenvalue weighted by Crippen LogP contribution is -2.48. The van der Waals surface area contributed by atoms with Crippen molar-refractivity contribution in [3.8, 4) is 0 Å². The molecule has 1 heterocycles. The molecule has 2 unspecified atom stereocenters. The summed E-state index contributed by atoms with van der Waals surface area (Å²) in [6.45, 7) is 5.86. The Balaban J connectivity index is 1.84. The van der Waals surface area contributed by atoms with E-state index in [2.05, 4.69) is 42.7 Å². The van der Waals surface area contributed by atoms with Crippen molar-refractivity contribution < 1.29 is 4.79 Å². The van der Waals surface area contributed by atoms with E-state index in [9.17, 15) is 4.79 Å². The first-order chi connectivity index (χ1) is 9.19. The quantitative estimate of drug-likeness (QED) is 0.872. The second-order valence-electron chi connectivity index (χ2n) is 5.51. The van der Waals surface area contributed by atoms with Crippen LogP contribution in [-0.4, -0.2) is 18.5 Å². The number of aryl methyl sites for hydroxylation is 1. The minimum absolute atomic E-state index is 0.0106. The van der Waals surface area contributed by atoms with Crippen LogP contribution < -0.4 is 10.6 Å². The highest BCUT2D eigenvalue weighted by molar-refractivity contribution is 5.81. The first kappa shape index (κ1) is 14.1. The van der Waals surface area contributed by atoms with Crippen molar-refractivity contribution in [2.45, 2.75) is 45.7 Å². The zero-order chi connectivity index (χ0) is 13.7. The Morgan fingerprint density at radius 3 is 3.05 bits per heavy atom. The Hall–Kier alpha value is -1.35. The van der Waals surface area contributed by atoms with E-state index < -0.39 is 0 Å². The number of hydrogen-bond acceptors (Lipinski definition) is 2. The van der Waals surface area contributed by atoms with Gasteiger partial charge in [0.05, 0.1) is 6.04 Å². The molecule has 1 saturated heterocycles. The summed E-state index contributed by atoms with van der Waals surface area (Å²) in [6, 6.07) is 8.26. The molecule has 0 saturated carbocycles. The van der Waals surface area contributed by atoms with Gasteiger partial charge in [0.25, 0.3) is 0 Å². The lowest BCUT2D eigenvalue weighted by molar-refractivity contribution is -0.124. The fraction of sp³-hybridized carbons (Fsp3) is 0.562. The normalized spacial score (nSPS) is 23.1. The number of nitrogens with one attached hydrogen (secondary N) is 2. The molecule has 3 heteroatoms. The maximum absolute atomic E-state index is 12.1. The average molecular weight is 260 g/mol. The number of piperidine rings is 1. The fourth-order valence-corrected chi connectivity index (χ4v) is 2.70. The van der Waals surface area contributed by atoms with Crippen molar-refractivity contribution in [3.63, 3.8) is 0 Å². The van der Waals surface area contributed by atoms with Gasteiger partial charge in [0.15, 0.2) is 0 Å². The van der Waals surface area contributed by atoms with Crippen LogP contribution in [0.5, 0.6) is 0 Å². The van der Waals surface area contributed by atoms with Crippen LogP contribution in [0.2, 0.25) is 0 Å². The third kappa shape index (κ3) is 4.06. The van der Waals surface area contributed by atoms with Gasteiger partial charge >= 0.3 is 0 Å². The number of benzene rings is 1. The van der Waals surface area contributed by atoms with E-state index in [1.807, 2.05) is 6.07 Å². The van der Waals surface area contributed by atoms with Gasteiger partial charge in [-0.1, -0.05) is 43.2 Å². The molecule has 2 atom stereocenters. The Bertz CT molecular complexity index is 431. The van der Waals surface area contributed by atoms with Crippen LogP contribution in [0.25, 0.3) is 0 Å². The minimum atomic E-state index is -0.0106. The topological polar surface area (TPSA) is 41.1 Å². The highest BCUT2D eigenvalue weighted by atomic mass is 16.2. The van der Waals surface area contributed by atoms with Crippen molar-refractivity contribution in [1.29, 1.82) is 0 Å². The molecule has 0 spiro atoms. The number of rotatable bonds is 4. The number of hydrogen-bond donors (Lipinski definition) is 2. The molecule has 19 heavy (non-hydrogen) atoms. The summed E-state index contributed by atoms with van der Waals surface area (Å²) < 4.78 is 0. The van der Waals surface area contributed by atoms with E-state index in [1.54, 1.807) is 0 Å². The smallest absolute Gasteiger partial charge is 0.237 e. The summed E-state index contributed by atoms with van der Waals surface area (Å²) in [5.41, 5.74) is 2.39. The van der Waals surface area contributed by atoms with E-state index in [1.165, 1.54) is 18.4 Å². The second-order valence-corrected chi connectivity index (χ2v) is 5.51. The minimum Gasteiger partial charge on any atom is -0.351 e. The average Bonchev–Trinajstić information content (AvgIpc) is 2.45. The predicted molar refractivity (Wildman–Crippen MR) is 77.8 cm³/mol. The number of carbonyl (C=O) groups excluding carboxylic acids is 1. The van der Waals surface area contributed by atoms with Crippen LogP contribution in [0.1, 0.15) is 37.3 Å². The number of carbonyl (C=O) groups is 1. The maximum atomic E-state index is 12.1. The Morgan fingerprint density at radius 1 is 1.47 bits per heavy atom. The van der Waals surface area contributed by atoms with E-state index in [4.69, 9.17) is 0 Å². The summed E-state index contributed by atoms with van der Waals surface area (Å²) in [5.74, 6) is 0.829. The molecule has 0 aliphatic carbocycles. The fourth-order valence-electron chi connectivity index (χ4n) is 2.70. The lowest BCUT2D eigenvalue weighted by atomic mass is 9.90. The molecule has 1 aliphatic heterocycles. The Labute approximate surface area is 115 Å². The van der Waals surface area contributed by atoms with Crippen LogP contribution in [0, 0.1) is 12.8 Å². The molecule has 1 aliphatic rings. The summed E-state index contributed by atoms with van der Waals surface area (Å²) in [6.07, 6.45) is 3.33.